The van der Waals surface area contributed by atoms with E-state index in [1.165, 1.54) is 55.3 Å². The summed E-state index contributed by atoms with van der Waals surface area (Å²) in [5.74, 6) is 2.37. The van der Waals surface area contributed by atoms with Crippen molar-refractivity contribution in [2.24, 2.45) is 0 Å². The Morgan fingerprint density at radius 3 is 1.97 bits per heavy atom. The van der Waals surface area contributed by atoms with Gasteiger partial charge in [-0.05, 0) is 163 Å². The highest BCUT2D eigenvalue weighted by molar-refractivity contribution is 7.00. The lowest BCUT2D eigenvalue weighted by molar-refractivity contribution is 0.174. The molecule has 0 fully saturated rings. The van der Waals surface area contributed by atoms with E-state index in [9.17, 15) is 0 Å². The van der Waals surface area contributed by atoms with Crippen LogP contribution in [0.25, 0.3) is 55.7 Å². The topological polar surface area (TPSA) is 38.1 Å². The Hall–Kier alpha value is -8.22. The summed E-state index contributed by atoms with van der Waals surface area (Å²) >= 11 is 0. The summed E-state index contributed by atoms with van der Waals surface area (Å²) in [5.41, 5.74) is 25.5. The van der Waals surface area contributed by atoms with Gasteiger partial charge < -0.3 is 23.7 Å². The van der Waals surface area contributed by atoms with Crippen LogP contribution >= 0.6 is 0 Å². The van der Waals surface area contributed by atoms with Crippen LogP contribution < -0.4 is 35.7 Å². The quantitative estimate of drug-likeness (QED) is 0.161. The average Bonchev–Trinajstić information content (AvgIpc) is 4.25. The molecular formula is C69H59BN2O3. The molecule has 0 N–H and O–H groups in total. The fourth-order valence-electron chi connectivity index (χ4n) is 12.7. The molecular weight excluding hydrogens is 916 g/mol. The zero-order chi connectivity index (χ0) is 51.3. The minimum Gasteiger partial charge on any atom is -0.456 e. The molecule has 0 saturated carbocycles. The Bertz CT molecular complexity index is 3990. The number of hydrogen-bond acceptors (Lipinski definition) is 5. The van der Waals surface area contributed by atoms with Crippen LogP contribution in [-0.4, -0.2) is 13.5 Å². The first-order valence-corrected chi connectivity index (χ1v) is 26.5. The van der Waals surface area contributed by atoms with Gasteiger partial charge in [0.25, 0.3) is 6.71 Å². The molecule has 5 nitrogen and oxygen atoms in total. The van der Waals surface area contributed by atoms with Gasteiger partial charge in [0.2, 0.25) is 6.79 Å². The summed E-state index contributed by atoms with van der Waals surface area (Å²) in [6, 6.07) is 67.9. The van der Waals surface area contributed by atoms with Crippen molar-refractivity contribution in [3.05, 3.63) is 210 Å². The Balaban J connectivity index is 1.06. The van der Waals surface area contributed by atoms with Gasteiger partial charge in [-0.15, -0.1) is 0 Å². The number of rotatable bonds is 5. The van der Waals surface area contributed by atoms with E-state index in [0.717, 1.165) is 90.2 Å². The van der Waals surface area contributed by atoms with Crippen LogP contribution in [0.4, 0.5) is 34.1 Å². The predicted octanol–water partition coefficient (Wildman–Crippen LogP) is 16.5. The number of furan rings is 1. The molecule has 6 heteroatoms. The molecule has 4 heterocycles. The maximum Gasteiger partial charge on any atom is 0.252 e. The smallest absolute Gasteiger partial charge is 0.252 e. The minimum atomic E-state index is -0.153. The molecule has 4 aliphatic rings. The number of ether oxygens (including phenoxy) is 2. The van der Waals surface area contributed by atoms with Crippen molar-refractivity contribution >= 4 is 68.2 Å². The van der Waals surface area contributed by atoms with Crippen molar-refractivity contribution in [1.82, 2.24) is 0 Å². The fraction of sp³-hybridized carbons (Fsp3) is 0.188. The van der Waals surface area contributed by atoms with Crippen LogP contribution in [0, 0.1) is 6.92 Å². The first-order chi connectivity index (χ1) is 36.1. The van der Waals surface area contributed by atoms with E-state index in [1.54, 1.807) is 0 Å². The van der Waals surface area contributed by atoms with Crippen LogP contribution in [0.3, 0.4) is 0 Å². The third kappa shape index (κ3) is 6.98. The summed E-state index contributed by atoms with van der Waals surface area (Å²) in [4.78, 5) is 5.04. The molecule has 366 valence electrons. The van der Waals surface area contributed by atoms with Gasteiger partial charge in [-0.1, -0.05) is 165 Å². The number of benzene rings is 9. The van der Waals surface area contributed by atoms with E-state index in [-0.39, 0.29) is 29.8 Å². The van der Waals surface area contributed by atoms with Gasteiger partial charge in [0.15, 0.2) is 11.5 Å². The highest BCUT2D eigenvalue weighted by Gasteiger charge is 2.47. The van der Waals surface area contributed by atoms with Gasteiger partial charge in [-0.25, -0.2) is 0 Å². The number of fused-ring (bicyclic) bond motifs is 10. The Kier molecular flexibility index (Phi) is 9.77. The third-order valence-corrected chi connectivity index (χ3v) is 16.6. The fourth-order valence-corrected chi connectivity index (χ4v) is 12.7. The van der Waals surface area contributed by atoms with E-state index in [2.05, 4.69) is 248 Å². The third-order valence-electron chi connectivity index (χ3n) is 16.6. The first-order valence-electron chi connectivity index (χ1n) is 26.5. The van der Waals surface area contributed by atoms with Crippen LogP contribution in [0.2, 0.25) is 0 Å². The molecule has 14 rings (SSSR count). The number of nitrogens with zero attached hydrogens (tertiary/aromatic N) is 2. The molecule has 75 heavy (non-hydrogen) atoms. The van der Waals surface area contributed by atoms with Crippen LogP contribution in [0.15, 0.2) is 186 Å². The molecule has 0 spiro atoms. The van der Waals surface area contributed by atoms with E-state index >= 15 is 0 Å². The number of aryl methyl sites for hydroxylation is 1. The van der Waals surface area contributed by atoms with Gasteiger partial charge in [0, 0.05) is 44.7 Å². The standard InChI is InChI=1S/C69H59BN2O3/c1-41-31-59-64-60(32-41)72(57-28-24-47(67(2,3)4)38-52(57)42-17-11-10-12-18-42)65-55(27-30-62-66(65)74-40-73-62)70(64)56-39-48(68(5,6)7)25-29-58(56)71(59)49-34-45(33-46(35-49)63-37-44-19-13-16-22-61(44)75-63)43-23-26-51-50-20-14-15-21-53(50)69(8,9)54(51)36-43/h10-39H,40H2,1-9H3. The second-order valence-electron chi connectivity index (χ2n) is 23.8. The average molecular weight is 975 g/mol. The van der Waals surface area contributed by atoms with Gasteiger partial charge >= 0.3 is 0 Å². The Morgan fingerprint density at radius 1 is 0.493 bits per heavy atom. The summed E-state index contributed by atoms with van der Waals surface area (Å²) in [6.07, 6.45) is 0. The van der Waals surface area contributed by atoms with Crippen molar-refractivity contribution in [3.8, 4) is 56.2 Å². The van der Waals surface area contributed by atoms with Crippen molar-refractivity contribution in [2.45, 2.75) is 78.6 Å². The van der Waals surface area contributed by atoms with Crippen LogP contribution in [0.5, 0.6) is 11.5 Å². The maximum atomic E-state index is 6.78. The van der Waals surface area contributed by atoms with Crippen LogP contribution in [-0.2, 0) is 16.2 Å². The maximum absolute atomic E-state index is 6.78. The molecule has 3 aliphatic heterocycles. The normalized spacial score (nSPS) is 14.7. The highest BCUT2D eigenvalue weighted by Crippen LogP contribution is 2.54. The largest absolute Gasteiger partial charge is 0.456 e. The molecule has 0 atom stereocenters. The predicted molar refractivity (Wildman–Crippen MR) is 312 cm³/mol. The SMILES string of the molecule is Cc1cc2c3c(c1)N(c1ccc(C(C)(C)C)cc1-c1ccccc1)c1c(ccc4c1OCO4)B3c1cc(C(C)(C)C)ccc1N2c1cc(-c2ccc3c(c2)C(C)(C)c2ccccc2-3)cc(-c2cc3ccccc3o2)c1. The second kappa shape index (κ2) is 16.1. The summed E-state index contributed by atoms with van der Waals surface area (Å²) < 4.78 is 19.7. The number of para-hydroxylation sites is 1. The highest BCUT2D eigenvalue weighted by atomic mass is 16.7. The zero-order valence-corrected chi connectivity index (χ0v) is 44.2. The van der Waals surface area contributed by atoms with E-state index < -0.39 is 0 Å². The Morgan fingerprint density at radius 2 is 1.19 bits per heavy atom. The van der Waals surface area contributed by atoms with Gasteiger partial charge in [-0.3, -0.25) is 0 Å². The summed E-state index contributed by atoms with van der Waals surface area (Å²) in [7, 11) is 0. The lowest BCUT2D eigenvalue weighted by Gasteiger charge is -2.45. The van der Waals surface area contributed by atoms with Gasteiger partial charge in [0.05, 0.1) is 11.4 Å². The van der Waals surface area contributed by atoms with E-state index in [4.69, 9.17) is 13.9 Å². The lowest BCUT2D eigenvalue weighted by Crippen LogP contribution is -2.61. The van der Waals surface area contributed by atoms with E-state index in [1.807, 2.05) is 6.07 Å². The molecule has 1 aromatic heterocycles. The summed E-state index contributed by atoms with van der Waals surface area (Å²) in [5, 5.41) is 1.08. The molecule has 0 unspecified atom stereocenters. The van der Waals surface area contributed by atoms with Crippen molar-refractivity contribution in [3.63, 3.8) is 0 Å². The number of hydrogen-bond donors (Lipinski definition) is 0. The Labute approximate surface area is 441 Å². The number of anilines is 6. The van der Waals surface area contributed by atoms with Crippen molar-refractivity contribution < 1.29 is 13.9 Å². The van der Waals surface area contributed by atoms with Crippen molar-refractivity contribution in [1.29, 1.82) is 0 Å². The summed E-state index contributed by atoms with van der Waals surface area (Å²) in [6.45, 7) is 20.8. The molecule has 0 amide bonds. The minimum absolute atomic E-state index is 0.0700. The van der Waals surface area contributed by atoms with Crippen molar-refractivity contribution in [2.75, 3.05) is 16.6 Å². The van der Waals surface area contributed by atoms with Crippen LogP contribution in [0.1, 0.15) is 83.2 Å². The molecule has 9 aromatic carbocycles. The molecule has 10 aromatic rings. The lowest BCUT2D eigenvalue weighted by atomic mass is 9.33. The molecule has 0 bridgehead atoms. The molecule has 1 aliphatic carbocycles. The molecule has 0 saturated heterocycles. The zero-order valence-electron chi connectivity index (χ0n) is 44.2. The monoisotopic (exact) mass is 974 g/mol. The van der Waals surface area contributed by atoms with Gasteiger partial charge in [-0.2, -0.15) is 0 Å². The first kappa shape index (κ1) is 45.4. The second-order valence-corrected chi connectivity index (χ2v) is 23.8. The van der Waals surface area contributed by atoms with Gasteiger partial charge in [0.1, 0.15) is 11.3 Å². The molecule has 0 radical (unpaired) electrons. The van der Waals surface area contributed by atoms with E-state index in [0.29, 0.717) is 0 Å².